The molecule has 20 heavy (non-hydrogen) atoms. The molecule has 6 nitrogen and oxygen atoms in total. The second-order valence-electron chi connectivity index (χ2n) is 4.56. The molecule has 1 aromatic heterocycles. The zero-order valence-corrected chi connectivity index (χ0v) is 13.2. The molecule has 0 aliphatic carbocycles. The van der Waals surface area contributed by atoms with Crippen LogP contribution in [-0.2, 0) is 21.5 Å². The lowest BCUT2D eigenvalue weighted by Gasteiger charge is -2.18. The van der Waals surface area contributed by atoms with Crippen LogP contribution >= 0.6 is 11.3 Å². The average Bonchev–Trinajstić information content (AvgIpc) is 2.72. The molecule has 8 heteroatoms. The van der Waals surface area contributed by atoms with E-state index in [-0.39, 0.29) is 12.6 Å². The first-order valence-corrected chi connectivity index (χ1v) is 8.24. The highest BCUT2D eigenvalue weighted by molar-refractivity contribution is 7.87. The molecule has 0 bridgehead atoms. The highest BCUT2D eigenvalue weighted by Gasteiger charge is 2.18. The van der Waals surface area contributed by atoms with Gasteiger partial charge in [-0.25, -0.2) is 4.79 Å². The summed E-state index contributed by atoms with van der Waals surface area (Å²) in [6.45, 7) is 3.75. The van der Waals surface area contributed by atoms with E-state index >= 15 is 0 Å². The summed E-state index contributed by atoms with van der Waals surface area (Å²) in [5.41, 5.74) is 0.816. The quantitative estimate of drug-likeness (QED) is 0.746. The minimum atomic E-state index is -3.50. The number of nitrogens with one attached hydrogen (secondary N) is 1. The lowest BCUT2D eigenvalue weighted by Crippen LogP contribution is -2.41. The Kier molecular flexibility index (Phi) is 5.88. The zero-order chi connectivity index (χ0) is 15.3. The molecule has 0 aromatic carbocycles. The van der Waals surface area contributed by atoms with Gasteiger partial charge in [-0.2, -0.15) is 17.4 Å². The molecule has 0 amide bonds. The maximum Gasteiger partial charge on any atom is 0.328 e. The van der Waals surface area contributed by atoms with Gasteiger partial charge >= 0.3 is 5.97 Å². The number of nitrogens with zero attached hydrogens (tertiary/aromatic N) is 1. The summed E-state index contributed by atoms with van der Waals surface area (Å²) < 4.78 is 27.5. The van der Waals surface area contributed by atoms with Gasteiger partial charge in [0.15, 0.2) is 0 Å². The monoisotopic (exact) mass is 318 g/mol. The average molecular weight is 318 g/mol. The predicted octanol–water partition coefficient (Wildman–Crippen LogP) is 1.52. The van der Waals surface area contributed by atoms with E-state index in [9.17, 15) is 13.2 Å². The number of carboxylic acids is 1. The van der Waals surface area contributed by atoms with Crippen LogP contribution in [0.25, 0.3) is 6.08 Å². The van der Waals surface area contributed by atoms with E-state index in [4.69, 9.17) is 5.11 Å². The largest absolute Gasteiger partial charge is 0.478 e. The number of carboxylic acid groups (broad SMARTS) is 1. The molecule has 0 spiro atoms. The van der Waals surface area contributed by atoms with Crippen molar-refractivity contribution in [1.82, 2.24) is 9.03 Å². The topological polar surface area (TPSA) is 86.7 Å². The van der Waals surface area contributed by atoms with Gasteiger partial charge in [0.2, 0.25) is 0 Å². The van der Waals surface area contributed by atoms with Gasteiger partial charge < -0.3 is 5.11 Å². The van der Waals surface area contributed by atoms with Crippen LogP contribution in [0.4, 0.5) is 0 Å². The van der Waals surface area contributed by atoms with Gasteiger partial charge in [0.1, 0.15) is 0 Å². The van der Waals surface area contributed by atoms with Gasteiger partial charge in [-0.3, -0.25) is 0 Å². The highest BCUT2D eigenvalue weighted by atomic mass is 32.2. The molecule has 0 aliphatic heterocycles. The van der Waals surface area contributed by atoms with Crippen molar-refractivity contribution in [3.8, 4) is 0 Å². The van der Waals surface area contributed by atoms with Crippen LogP contribution in [0.2, 0.25) is 0 Å². The predicted molar refractivity (Wildman–Crippen MR) is 79.6 cm³/mol. The van der Waals surface area contributed by atoms with E-state index in [1.165, 1.54) is 28.8 Å². The van der Waals surface area contributed by atoms with Crippen LogP contribution in [-0.4, -0.2) is 36.9 Å². The normalized spacial score (nSPS) is 12.7. The molecule has 0 unspecified atom stereocenters. The molecule has 0 aliphatic rings. The number of hydrogen-bond acceptors (Lipinski definition) is 4. The molecule has 1 rings (SSSR count). The van der Waals surface area contributed by atoms with Gasteiger partial charge in [0, 0.05) is 30.6 Å². The molecule has 0 atom stereocenters. The summed E-state index contributed by atoms with van der Waals surface area (Å²) in [6.07, 6.45) is 2.54. The maximum atomic E-state index is 11.9. The Hall–Kier alpha value is -1.22. The molecular formula is C12H18N2O4S2. The summed E-state index contributed by atoms with van der Waals surface area (Å²) in [4.78, 5) is 11.2. The van der Waals surface area contributed by atoms with Crippen molar-refractivity contribution in [2.75, 3.05) is 7.05 Å². The van der Waals surface area contributed by atoms with Gasteiger partial charge in [-0.15, -0.1) is 11.3 Å². The molecule has 1 heterocycles. The van der Waals surface area contributed by atoms with Gasteiger partial charge in [-0.1, -0.05) is 0 Å². The molecule has 112 valence electrons. The lowest BCUT2D eigenvalue weighted by molar-refractivity contribution is -0.131. The second kappa shape index (κ2) is 6.98. The number of aliphatic carboxylic acids is 1. The van der Waals surface area contributed by atoms with Crippen molar-refractivity contribution in [3.05, 3.63) is 28.0 Å². The first kappa shape index (κ1) is 16.8. The summed E-state index contributed by atoms with van der Waals surface area (Å²) in [7, 11) is -2.00. The summed E-state index contributed by atoms with van der Waals surface area (Å²) >= 11 is 1.37. The Morgan fingerprint density at radius 2 is 2.20 bits per heavy atom. The minimum Gasteiger partial charge on any atom is -0.478 e. The standard InChI is InChI=1S/C12H18N2O4S2/c1-9(2)13-20(17,18)14(3)7-10-6-11(19-8-10)4-5-12(15)16/h4-6,8-9,13H,7H2,1-3H3,(H,15,16)/b5-4+. The van der Waals surface area contributed by atoms with Crippen LogP contribution in [0.5, 0.6) is 0 Å². The fraction of sp³-hybridized carbons (Fsp3) is 0.417. The van der Waals surface area contributed by atoms with Gasteiger partial charge in [0.05, 0.1) is 0 Å². The van der Waals surface area contributed by atoms with Crippen LogP contribution in [0, 0.1) is 0 Å². The van der Waals surface area contributed by atoms with Gasteiger partial charge in [-0.05, 0) is 36.9 Å². The fourth-order valence-electron chi connectivity index (χ4n) is 1.45. The zero-order valence-electron chi connectivity index (χ0n) is 11.5. The van der Waals surface area contributed by atoms with Crippen molar-refractivity contribution in [1.29, 1.82) is 0 Å². The van der Waals surface area contributed by atoms with E-state index in [1.807, 2.05) is 5.38 Å². The summed E-state index contributed by atoms with van der Waals surface area (Å²) in [6, 6.07) is 1.60. The molecule has 0 saturated carbocycles. The Morgan fingerprint density at radius 3 is 2.75 bits per heavy atom. The van der Waals surface area contributed by atoms with Gasteiger partial charge in [0.25, 0.3) is 10.2 Å². The molecule has 0 saturated heterocycles. The molecule has 0 radical (unpaired) electrons. The Bertz CT molecular complexity index is 590. The number of hydrogen-bond donors (Lipinski definition) is 2. The van der Waals surface area contributed by atoms with Crippen LogP contribution in [0.3, 0.4) is 0 Å². The van der Waals surface area contributed by atoms with Crippen LogP contribution < -0.4 is 4.72 Å². The van der Waals surface area contributed by atoms with E-state index < -0.39 is 16.2 Å². The molecule has 0 fully saturated rings. The smallest absolute Gasteiger partial charge is 0.328 e. The molecular weight excluding hydrogens is 300 g/mol. The first-order chi connectivity index (χ1) is 9.20. The maximum absolute atomic E-state index is 11.9. The van der Waals surface area contributed by atoms with Crippen molar-refractivity contribution < 1.29 is 18.3 Å². The third-order valence-electron chi connectivity index (χ3n) is 2.26. The third-order valence-corrected chi connectivity index (χ3v) is 4.93. The van der Waals surface area contributed by atoms with E-state index in [0.717, 1.165) is 16.5 Å². The lowest BCUT2D eigenvalue weighted by atomic mass is 10.3. The number of rotatable bonds is 7. The number of carbonyl (C=O) groups is 1. The Labute approximate surface area is 122 Å². The van der Waals surface area contributed by atoms with Crippen molar-refractivity contribution in [2.24, 2.45) is 0 Å². The van der Waals surface area contributed by atoms with E-state index in [1.54, 1.807) is 19.9 Å². The molecule has 2 N–H and O–H groups in total. The van der Waals surface area contributed by atoms with Crippen molar-refractivity contribution >= 4 is 33.6 Å². The van der Waals surface area contributed by atoms with Crippen LogP contribution in [0.15, 0.2) is 17.5 Å². The summed E-state index contributed by atoms with van der Waals surface area (Å²) in [5.74, 6) is -1.01. The van der Waals surface area contributed by atoms with Crippen molar-refractivity contribution in [2.45, 2.75) is 26.4 Å². The second-order valence-corrected chi connectivity index (χ2v) is 7.31. The highest BCUT2D eigenvalue weighted by Crippen LogP contribution is 2.18. The number of thiophene rings is 1. The fourth-order valence-corrected chi connectivity index (χ4v) is 3.34. The van der Waals surface area contributed by atoms with E-state index in [2.05, 4.69) is 4.72 Å². The Morgan fingerprint density at radius 1 is 1.55 bits per heavy atom. The summed E-state index contributed by atoms with van der Waals surface area (Å²) in [5, 5.41) is 10.3. The van der Waals surface area contributed by atoms with Crippen LogP contribution in [0.1, 0.15) is 24.3 Å². The minimum absolute atomic E-state index is 0.168. The SMILES string of the molecule is CC(C)NS(=O)(=O)N(C)Cc1csc(/C=C/C(=O)O)c1. The third kappa shape index (κ3) is 5.41. The van der Waals surface area contributed by atoms with Crippen molar-refractivity contribution in [3.63, 3.8) is 0 Å². The van der Waals surface area contributed by atoms with E-state index in [0.29, 0.717) is 0 Å². The molecule has 1 aromatic rings. The Balaban J connectivity index is 2.72. The first-order valence-electron chi connectivity index (χ1n) is 5.92.